The highest BCUT2D eigenvalue weighted by Crippen LogP contribution is 2.26. The van der Waals surface area contributed by atoms with Crippen molar-refractivity contribution in [3.05, 3.63) is 91.0 Å². The van der Waals surface area contributed by atoms with Crippen LogP contribution in [0.25, 0.3) is 33.4 Å². The summed E-state index contributed by atoms with van der Waals surface area (Å²) in [6.07, 6.45) is 3.31. The molecule has 4 heterocycles. The Morgan fingerprint density at radius 2 is 1.69 bits per heavy atom. The van der Waals surface area contributed by atoms with Crippen LogP contribution >= 0.6 is 0 Å². The first-order valence-corrected chi connectivity index (χ1v) is 10.2. The van der Waals surface area contributed by atoms with E-state index in [2.05, 4.69) is 25.5 Å². The van der Waals surface area contributed by atoms with Crippen LogP contribution in [-0.4, -0.2) is 34.5 Å². The molecule has 8 heteroatoms. The van der Waals surface area contributed by atoms with Gasteiger partial charge in [0.15, 0.2) is 11.5 Å². The average molecular weight is 418 g/mol. The van der Waals surface area contributed by atoms with Crippen LogP contribution in [0.4, 0.5) is 11.6 Å². The van der Waals surface area contributed by atoms with Gasteiger partial charge < -0.3 is 5.32 Å². The fraction of sp³-hybridized carbons (Fsp3) is 0.0417. The maximum atomic E-state index is 4.78. The summed E-state index contributed by atoms with van der Waals surface area (Å²) in [5.41, 5.74) is 3.44. The molecule has 0 radical (unpaired) electrons. The highest BCUT2D eigenvalue weighted by molar-refractivity contribution is 5.89. The third-order valence-electron chi connectivity index (χ3n) is 5.25. The van der Waals surface area contributed by atoms with E-state index in [0.29, 0.717) is 5.82 Å². The monoisotopic (exact) mass is 418 g/mol. The molecule has 0 unspecified atom stereocenters. The van der Waals surface area contributed by atoms with Crippen LogP contribution in [0.5, 0.6) is 0 Å². The number of aryl methyl sites for hydroxylation is 1. The number of para-hydroxylation sites is 2. The summed E-state index contributed by atoms with van der Waals surface area (Å²) in [7, 11) is 0. The number of anilines is 2. The molecule has 0 aliphatic carbocycles. The topological polar surface area (TPSA) is 86.3 Å². The van der Waals surface area contributed by atoms with Crippen LogP contribution in [0, 0.1) is 6.92 Å². The molecule has 0 aliphatic rings. The Bertz CT molecular complexity index is 1570. The van der Waals surface area contributed by atoms with Gasteiger partial charge in [0.1, 0.15) is 18.0 Å². The van der Waals surface area contributed by atoms with E-state index < -0.39 is 0 Å². The quantitative estimate of drug-likeness (QED) is 0.450. The second-order valence-corrected chi connectivity index (χ2v) is 7.42. The number of fused-ring (bicyclic) bond motifs is 2. The normalized spacial score (nSPS) is 11.3. The summed E-state index contributed by atoms with van der Waals surface area (Å²) in [6.45, 7) is 1.95. The zero-order valence-electron chi connectivity index (χ0n) is 17.2. The molecule has 32 heavy (non-hydrogen) atoms. The lowest BCUT2D eigenvalue weighted by Crippen LogP contribution is -2.06. The predicted molar refractivity (Wildman–Crippen MR) is 124 cm³/mol. The average Bonchev–Trinajstić information content (AvgIpc) is 3.43. The second kappa shape index (κ2) is 7.28. The number of nitrogens with one attached hydrogen (secondary N) is 1. The van der Waals surface area contributed by atoms with Crippen LogP contribution in [0.15, 0.2) is 85.3 Å². The summed E-state index contributed by atoms with van der Waals surface area (Å²) >= 11 is 0. The predicted octanol–water partition coefficient (Wildman–Crippen LogP) is 4.60. The fourth-order valence-electron chi connectivity index (χ4n) is 3.76. The Morgan fingerprint density at radius 1 is 0.844 bits per heavy atom. The summed E-state index contributed by atoms with van der Waals surface area (Å²) in [6, 6.07) is 23.9. The van der Waals surface area contributed by atoms with Crippen molar-refractivity contribution in [1.29, 1.82) is 0 Å². The minimum Gasteiger partial charge on any atom is -0.324 e. The zero-order valence-corrected chi connectivity index (χ0v) is 17.2. The molecule has 154 valence electrons. The second-order valence-electron chi connectivity index (χ2n) is 7.42. The Balaban J connectivity index is 1.43. The van der Waals surface area contributed by atoms with E-state index in [4.69, 9.17) is 4.98 Å². The Kier molecular flexibility index (Phi) is 4.14. The lowest BCUT2D eigenvalue weighted by molar-refractivity contribution is 0.844. The van der Waals surface area contributed by atoms with Crippen LogP contribution in [-0.2, 0) is 0 Å². The van der Waals surface area contributed by atoms with Crippen molar-refractivity contribution >= 4 is 33.6 Å². The van der Waals surface area contributed by atoms with Gasteiger partial charge in [-0.3, -0.25) is 0 Å². The van der Waals surface area contributed by atoms with E-state index in [9.17, 15) is 0 Å². The van der Waals surface area contributed by atoms with Crippen molar-refractivity contribution in [2.24, 2.45) is 0 Å². The first kappa shape index (κ1) is 18.2. The lowest BCUT2D eigenvalue weighted by Gasteiger charge is -2.10. The van der Waals surface area contributed by atoms with Crippen molar-refractivity contribution in [3.8, 4) is 11.5 Å². The van der Waals surface area contributed by atoms with Gasteiger partial charge in [0.05, 0.1) is 28.5 Å². The summed E-state index contributed by atoms with van der Waals surface area (Å²) in [5.74, 6) is 2.14. The van der Waals surface area contributed by atoms with Crippen molar-refractivity contribution in [3.63, 3.8) is 0 Å². The molecule has 6 rings (SSSR count). The molecular weight excluding hydrogens is 400 g/mol. The number of hydrogen-bond donors (Lipinski definition) is 1. The van der Waals surface area contributed by atoms with Crippen molar-refractivity contribution in [2.45, 2.75) is 6.92 Å². The Hall–Kier alpha value is -4.59. The van der Waals surface area contributed by atoms with Gasteiger partial charge in [-0.2, -0.15) is 14.9 Å². The van der Waals surface area contributed by atoms with E-state index >= 15 is 0 Å². The molecule has 0 saturated carbocycles. The van der Waals surface area contributed by atoms with Gasteiger partial charge in [0.25, 0.3) is 0 Å². The number of benzene rings is 2. The van der Waals surface area contributed by atoms with Gasteiger partial charge in [-0.25, -0.2) is 19.6 Å². The number of rotatable bonds is 4. The molecule has 8 nitrogen and oxygen atoms in total. The molecular formula is C24H18N8. The highest BCUT2D eigenvalue weighted by atomic mass is 15.4. The maximum Gasteiger partial charge on any atom is 0.168 e. The maximum absolute atomic E-state index is 4.78. The van der Waals surface area contributed by atoms with Crippen LogP contribution in [0.1, 0.15) is 5.69 Å². The van der Waals surface area contributed by atoms with E-state index in [-0.39, 0.29) is 0 Å². The van der Waals surface area contributed by atoms with Gasteiger partial charge in [-0.1, -0.05) is 36.4 Å². The highest BCUT2D eigenvalue weighted by Gasteiger charge is 2.15. The van der Waals surface area contributed by atoms with Crippen LogP contribution in [0.3, 0.4) is 0 Å². The Labute approximate surface area is 183 Å². The van der Waals surface area contributed by atoms with Gasteiger partial charge >= 0.3 is 0 Å². The number of aromatic nitrogens is 7. The van der Waals surface area contributed by atoms with Gasteiger partial charge in [-0.15, -0.1) is 0 Å². The minimum atomic E-state index is 0.652. The van der Waals surface area contributed by atoms with Crippen LogP contribution < -0.4 is 5.32 Å². The first-order valence-electron chi connectivity index (χ1n) is 10.2. The van der Waals surface area contributed by atoms with Crippen molar-refractivity contribution in [1.82, 2.24) is 34.5 Å². The molecule has 0 atom stereocenters. The summed E-state index contributed by atoms with van der Waals surface area (Å²) < 4.78 is 3.59. The van der Waals surface area contributed by atoms with Gasteiger partial charge in [0.2, 0.25) is 0 Å². The molecule has 1 N–H and O–H groups in total. The minimum absolute atomic E-state index is 0.652. The molecule has 0 amide bonds. The lowest BCUT2D eigenvalue weighted by atomic mass is 10.2. The molecule has 0 aliphatic heterocycles. The molecule has 0 spiro atoms. The van der Waals surface area contributed by atoms with Gasteiger partial charge in [0, 0.05) is 11.5 Å². The van der Waals surface area contributed by atoms with Crippen LogP contribution in [0.2, 0.25) is 0 Å². The Morgan fingerprint density at radius 3 is 2.59 bits per heavy atom. The molecule has 0 bridgehead atoms. The number of pyridine rings is 1. The van der Waals surface area contributed by atoms with E-state index in [1.807, 2.05) is 79.7 Å². The molecule has 6 aromatic rings. The molecule has 0 saturated heterocycles. The fourth-order valence-corrected chi connectivity index (χ4v) is 3.76. The standard InChI is InChI=1S/C24H18N8/c1-16-13-22(32(30-16)21-12-11-17-7-5-6-10-20(17)28-21)29-23-19-14-27-31(24(19)26-15-25-23)18-8-3-2-4-9-18/h2-15H,1H3,(H,25,26,29). The summed E-state index contributed by atoms with van der Waals surface area (Å²) in [5, 5.41) is 14.5. The van der Waals surface area contributed by atoms with Gasteiger partial charge in [-0.05, 0) is 37.3 Å². The van der Waals surface area contributed by atoms with Crippen molar-refractivity contribution < 1.29 is 0 Å². The zero-order chi connectivity index (χ0) is 21.5. The molecule has 2 aromatic carbocycles. The third kappa shape index (κ3) is 3.05. The summed E-state index contributed by atoms with van der Waals surface area (Å²) in [4.78, 5) is 13.7. The third-order valence-corrected chi connectivity index (χ3v) is 5.25. The largest absolute Gasteiger partial charge is 0.324 e. The smallest absolute Gasteiger partial charge is 0.168 e. The van der Waals surface area contributed by atoms with E-state index in [1.165, 1.54) is 6.33 Å². The van der Waals surface area contributed by atoms with Crippen molar-refractivity contribution in [2.75, 3.05) is 5.32 Å². The molecule has 0 fully saturated rings. The first-order chi connectivity index (χ1) is 15.8. The number of hydrogen-bond acceptors (Lipinski definition) is 6. The molecule has 4 aromatic heterocycles. The number of nitrogens with zero attached hydrogens (tertiary/aromatic N) is 7. The SMILES string of the molecule is Cc1cc(Nc2ncnc3c2cnn3-c2ccccc2)n(-c2ccc3ccccc3n2)n1. The van der Waals surface area contributed by atoms with E-state index in [1.54, 1.807) is 15.6 Å². The van der Waals surface area contributed by atoms with E-state index in [0.717, 1.165) is 45.0 Å².